The summed E-state index contributed by atoms with van der Waals surface area (Å²) in [5, 5.41) is 18.1. The van der Waals surface area contributed by atoms with E-state index in [4.69, 9.17) is 11.6 Å². The first-order valence-electron chi connectivity index (χ1n) is 7.60. The third-order valence-electron chi connectivity index (χ3n) is 3.94. The van der Waals surface area contributed by atoms with Crippen LogP contribution in [0.5, 0.6) is 0 Å². The highest BCUT2D eigenvalue weighted by atomic mass is 35.5. The molecule has 0 aliphatic heterocycles. The lowest BCUT2D eigenvalue weighted by Gasteiger charge is -2.17. The molecule has 0 spiro atoms. The monoisotopic (exact) mass is 365 g/mol. The van der Waals surface area contributed by atoms with Crippen molar-refractivity contribution in [2.24, 2.45) is 7.05 Å². The molecule has 0 bridgehead atoms. The maximum Gasteiger partial charge on any atom is 0.271 e. The van der Waals surface area contributed by atoms with Crippen LogP contribution in [0.3, 0.4) is 0 Å². The number of aryl methyl sites for hydroxylation is 2. The van der Waals surface area contributed by atoms with Crippen LogP contribution >= 0.6 is 11.6 Å². The summed E-state index contributed by atoms with van der Waals surface area (Å²) in [4.78, 5) is 24.4. The highest BCUT2D eigenvalue weighted by Gasteiger charge is 2.16. The summed E-state index contributed by atoms with van der Waals surface area (Å²) in [6.07, 6.45) is 0. The molecule has 0 unspecified atom stereocenters. The number of hydrogen-bond donors (Lipinski definition) is 1. The van der Waals surface area contributed by atoms with Crippen molar-refractivity contribution in [1.82, 2.24) is 14.7 Å². The lowest BCUT2D eigenvalue weighted by molar-refractivity contribution is -0.384. The standard InChI is InChI=1S/C16H20ClN5O3/c1-10-13(11(2)21(4)19-10)8-20(3)9-16(23)18-15-7-12(22(24)25)5-6-14(15)17/h5-7H,8-9H2,1-4H3,(H,18,23). The number of nitro benzene ring substituents is 1. The molecule has 134 valence electrons. The summed E-state index contributed by atoms with van der Waals surface area (Å²) in [5.74, 6) is -0.302. The molecule has 1 N–H and O–H groups in total. The molecule has 1 aromatic heterocycles. The summed E-state index contributed by atoms with van der Waals surface area (Å²) in [5.41, 5.74) is 3.14. The van der Waals surface area contributed by atoms with E-state index in [9.17, 15) is 14.9 Å². The minimum atomic E-state index is -0.536. The molecule has 25 heavy (non-hydrogen) atoms. The third-order valence-corrected chi connectivity index (χ3v) is 4.26. The Kier molecular flexibility index (Phi) is 5.76. The average Bonchev–Trinajstić information content (AvgIpc) is 2.75. The maximum absolute atomic E-state index is 12.2. The molecule has 0 aliphatic rings. The fraction of sp³-hybridized carbons (Fsp3) is 0.375. The molecule has 0 saturated carbocycles. The molecule has 1 aromatic carbocycles. The number of non-ortho nitro benzene ring substituents is 1. The second-order valence-corrected chi connectivity index (χ2v) is 6.32. The number of anilines is 1. The minimum Gasteiger partial charge on any atom is -0.323 e. The van der Waals surface area contributed by atoms with Gasteiger partial charge >= 0.3 is 0 Å². The highest BCUT2D eigenvalue weighted by molar-refractivity contribution is 6.33. The van der Waals surface area contributed by atoms with Gasteiger partial charge in [0.15, 0.2) is 0 Å². The Hall–Kier alpha value is -2.45. The van der Waals surface area contributed by atoms with Crippen LogP contribution in [0.1, 0.15) is 17.0 Å². The van der Waals surface area contributed by atoms with Crippen LogP contribution in [0.25, 0.3) is 0 Å². The fourth-order valence-corrected chi connectivity index (χ4v) is 2.69. The van der Waals surface area contributed by atoms with Crippen molar-refractivity contribution in [3.05, 3.63) is 50.3 Å². The lowest BCUT2D eigenvalue weighted by atomic mass is 10.2. The fourth-order valence-electron chi connectivity index (χ4n) is 2.53. The number of likely N-dealkylation sites (N-methyl/N-ethyl adjacent to an activating group) is 1. The number of amides is 1. The Bertz CT molecular complexity index is 818. The van der Waals surface area contributed by atoms with E-state index in [1.807, 2.05) is 32.8 Å². The molecule has 0 saturated heterocycles. The van der Waals surface area contributed by atoms with E-state index in [0.717, 1.165) is 17.0 Å². The van der Waals surface area contributed by atoms with Gasteiger partial charge in [-0.1, -0.05) is 11.6 Å². The van der Waals surface area contributed by atoms with E-state index < -0.39 is 4.92 Å². The van der Waals surface area contributed by atoms with E-state index in [0.29, 0.717) is 6.54 Å². The van der Waals surface area contributed by atoms with Crippen molar-refractivity contribution >= 4 is 28.9 Å². The zero-order chi connectivity index (χ0) is 18.7. The molecule has 0 aliphatic carbocycles. The quantitative estimate of drug-likeness (QED) is 0.627. The first kappa shape index (κ1) is 18.9. The Balaban J connectivity index is 2.02. The number of hydrogen-bond acceptors (Lipinski definition) is 5. The number of rotatable bonds is 6. The number of carbonyl (C=O) groups is 1. The van der Waals surface area contributed by atoms with Crippen LogP contribution in [0.2, 0.25) is 5.02 Å². The Labute approximate surface area is 150 Å². The van der Waals surface area contributed by atoms with Crippen LogP contribution < -0.4 is 5.32 Å². The van der Waals surface area contributed by atoms with Gasteiger partial charge in [-0.15, -0.1) is 0 Å². The molecular weight excluding hydrogens is 346 g/mol. The smallest absolute Gasteiger partial charge is 0.271 e. The number of benzene rings is 1. The van der Waals surface area contributed by atoms with Gasteiger partial charge in [0.05, 0.1) is 27.9 Å². The van der Waals surface area contributed by atoms with Gasteiger partial charge in [-0.2, -0.15) is 5.10 Å². The molecule has 1 heterocycles. The zero-order valence-corrected chi connectivity index (χ0v) is 15.3. The van der Waals surface area contributed by atoms with Crippen molar-refractivity contribution in [3.8, 4) is 0 Å². The van der Waals surface area contributed by atoms with Crippen molar-refractivity contribution in [1.29, 1.82) is 0 Å². The normalized spacial score (nSPS) is 11.0. The summed E-state index contributed by atoms with van der Waals surface area (Å²) in [7, 11) is 3.70. The number of nitro groups is 1. The molecule has 2 rings (SSSR count). The topological polar surface area (TPSA) is 93.3 Å². The molecule has 0 fully saturated rings. The van der Waals surface area contributed by atoms with Crippen molar-refractivity contribution < 1.29 is 9.72 Å². The minimum absolute atomic E-state index is 0.118. The summed E-state index contributed by atoms with van der Waals surface area (Å²) in [6, 6.07) is 3.93. The van der Waals surface area contributed by atoms with Crippen molar-refractivity contribution in [2.45, 2.75) is 20.4 Å². The summed E-state index contributed by atoms with van der Waals surface area (Å²) >= 11 is 5.99. The van der Waals surface area contributed by atoms with Gasteiger partial charge in [-0.3, -0.25) is 24.5 Å². The van der Waals surface area contributed by atoms with Gasteiger partial charge in [0.25, 0.3) is 5.69 Å². The second kappa shape index (κ2) is 7.62. The molecular formula is C16H20ClN5O3. The van der Waals surface area contributed by atoms with E-state index in [2.05, 4.69) is 10.4 Å². The van der Waals surface area contributed by atoms with Gasteiger partial charge in [-0.05, 0) is 27.0 Å². The van der Waals surface area contributed by atoms with Crippen molar-refractivity contribution in [3.63, 3.8) is 0 Å². The van der Waals surface area contributed by atoms with E-state index in [1.165, 1.54) is 18.2 Å². The summed E-state index contributed by atoms with van der Waals surface area (Å²) in [6.45, 7) is 4.60. The largest absolute Gasteiger partial charge is 0.323 e. The summed E-state index contributed by atoms with van der Waals surface area (Å²) < 4.78 is 1.81. The predicted octanol–water partition coefficient (Wildman–Crippen LogP) is 2.67. The van der Waals surface area contributed by atoms with Gasteiger partial charge < -0.3 is 5.32 Å². The predicted molar refractivity (Wildman–Crippen MR) is 95.8 cm³/mol. The molecule has 0 radical (unpaired) electrons. The first-order chi connectivity index (χ1) is 11.7. The molecule has 0 atom stereocenters. The average molecular weight is 366 g/mol. The number of nitrogens with zero attached hydrogens (tertiary/aromatic N) is 4. The molecule has 8 nitrogen and oxygen atoms in total. The molecule has 1 amide bonds. The van der Waals surface area contributed by atoms with Crippen LogP contribution in [-0.2, 0) is 18.4 Å². The number of nitrogens with one attached hydrogen (secondary N) is 1. The Morgan fingerprint density at radius 2 is 2.12 bits per heavy atom. The SMILES string of the molecule is Cc1nn(C)c(C)c1CN(C)CC(=O)Nc1cc([N+](=O)[O-])ccc1Cl. The number of carbonyl (C=O) groups excluding carboxylic acids is 1. The molecule has 2 aromatic rings. The highest BCUT2D eigenvalue weighted by Crippen LogP contribution is 2.26. The van der Waals surface area contributed by atoms with E-state index in [1.54, 1.807) is 4.68 Å². The Morgan fingerprint density at radius 3 is 2.68 bits per heavy atom. The van der Waals surface area contributed by atoms with E-state index >= 15 is 0 Å². The van der Waals surface area contributed by atoms with Gasteiger partial charge in [0.1, 0.15) is 0 Å². The van der Waals surface area contributed by atoms with Crippen LogP contribution in [0.4, 0.5) is 11.4 Å². The van der Waals surface area contributed by atoms with E-state index in [-0.39, 0.29) is 28.8 Å². The zero-order valence-electron chi connectivity index (χ0n) is 14.5. The van der Waals surface area contributed by atoms with Gasteiger partial charge in [0, 0.05) is 37.0 Å². The van der Waals surface area contributed by atoms with Gasteiger partial charge in [0.2, 0.25) is 5.91 Å². The van der Waals surface area contributed by atoms with Gasteiger partial charge in [-0.25, -0.2) is 0 Å². The van der Waals surface area contributed by atoms with Crippen molar-refractivity contribution in [2.75, 3.05) is 18.9 Å². The molecule has 9 heteroatoms. The van der Waals surface area contributed by atoms with Crippen LogP contribution in [0.15, 0.2) is 18.2 Å². The number of halogens is 1. The van der Waals surface area contributed by atoms with Crippen LogP contribution in [-0.4, -0.2) is 39.1 Å². The van der Waals surface area contributed by atoms with Crippen LogP contribution in [0, 0.1) is 24.0 Å². The number of aromatic nitrogens is 2. The Morgan fingerprint density at radius 1 is 1.44 bits per heavy atom. The second-order valence-electron chi connectivity index (χ2n) is 5.91. The maximum atomic E-state index is 12.2. The first-order valence-corrected chi connectivity index (χ1v) is 7.98. The lowest BCUT2D eigenvalue weighted by Crippen LogP contribution is -2.30. The third kappa shape index (κ3) is 4.55.